The van der Waals surface area contributed by atoms with Gasteiger partial charge in [-0.15, -0.1) is 0 Å². The van der Waals surface area contributed by atoms with E-state index >= 15 is 0 Å². The number of ketones is 1. The van der Waals surface area contributed by atoms with E-state index in [9.17, 15) is 13.6 Å². The van der Waals surface area contributed by atoms with Gasteiger partial charge in [0.2, 0.25) is 5.78 Å². The molecule has 0 saturated carbocycles. The molecular formula is C16H12F2N2O. The minimum atomic E-state index is -0.877. The smallest absolute Gasteiger partial charge is 0.201 e. The first-order chi connectivity index (χ1) is 9.99. The number of aromatic amines is 1. The molecule has 0 unspecified atom stereocenters. The third-order valence-electron chi connectivity index (χ3n) is 3.43. The Hall–Kier alpha value is -2.69. The number of hydrogen-bond donors (Lipinski definition) is 2. The lowest BCUT2D eigenvalue weighted by Gasteiger charge is -2.05. The minimum Gasteiger partial charge on any atom is -0.399 e. The number of nitrogens with two attached hydrogens (primary N) is 1. The highest BCUT2D eigenvalue weighted by Crippen LogP contribution is 2.28. The van der Waals surface area contributed by atoms with Crippen LogP contribution in [0.5, 0.6) is 0 Å². The molecule has 2 aromatic carbocycles. The van der Waals surface area contributed by atoms with Crippen molar-refractivity contribution in [3.63, 3.8) is 0 Å². The Morgan fingerprint density at radius 2 is 1.76 bits per heavy atom. The fourth-order valence-corrected chi connectivity index (χ4v) is 2.48. The minimum absolute atomic E-state index is 0.237. The number of anilines is 1. The largest absolute Gasteiger partial charge is 0.399 e. The average Bonchev–Trinajstić information content (AvgIpc) is 2.73. The molecule has 106 valence electrons. The molecule has 1 heterocycles. The predicted molar refractivity (Wildman–Crippen MR) is 77.2 cm³/mol. The van der Waals surface area contributed by atoms with Crippen molar-refractivity contribution >= 4 is 22.4 Å². The summed E-state index contributed by atoms with van der Waals surface area (Å²) in [4.78, 5) is 15.6. The maximum atomic E-state index is 13.8. The Balaban J connectivity index is 2.27. The third kappa shape index (κ3) is 2.07. The van der Waals surface area contributed by atoms with E-state index < -0.39 is 23.0 Å². The van der Waals surface area contributed by atoms with Crippen LogP contribution in [0, 0.1) is 18.6 Å². The second-order valence-electron chi connectivity index (χ2n) is 4.86. The number of aromatic nitrogens is 1. The summed E-state index contributed by atoms with van der Waals surface area (Å²) in [7, 11) is 0. The van der Waals surface area contributed by atoms with E-state index in [1.807, 2.05) is 0 Å². The lowest BCUT2D eigenvalue weighted by Crippen LogP contribution is -2.08. The maximum absolute atomic E-state index is 13.8. The van der Waals surface area contributed by atoms with Gasteiger partial charge in [0.1, 0.15) is 11.6 Å². The summed E-state index contributed by atoms with van der Waals surface area (Å²) in [6.45, 7) is 1.68. The van der Waals surface area contributed by atoms with Gasteiger partial charge in [0.15, 0.2) is 0 Å². The highest BCUT2D eigenvalue weighted by molar-refractivity contribution is 6.17. The standard InChI is InChI=1S/C16H12F2N2O/c1-8-14(10-7-9(19)5-6-13(10)20-8)16(21)15-11(17)3-2-4-12(15)18/h2-7,20H,19H2,1H3. The summed E-state index contributed by atoms with van der Waals surface area (Å²) < 4.78 is 27.6. The topological polar surface area (TPSA) is 58.9 Å². The number of hydrogen-bond acceptors (Lipinski definition) is 2. The first kappa shape index (κ1) is 13.3. The predicted octanol–water partition coefficient (Wildman–Crippen LogP) is 3.57. The van der Waals surface area contributed by atoms with Crippen molar-refractivity contribution in [3.8, 4) is 0 Å². The van der Waals surface area contributed by atoms with Crippen LogP contribution in [-0.2, 0) is 0 Å². The van der Waals surface area contributed by atoms with Gasteiger partial charge in [-0.1, -0.05) is 6.07 Å². The molecule has 5 heteroatoms. The Morgan fingerprint density at radius 3 is 2.43 bits per heavy atom. The highest BCUT2D eigenvalue weighted by Gasteiger charge is 2.23. The number of nitrogens with one attached hydrogen (secondary N) is 1. The van der Waals surface area contributed by atoms with Gasteiger partial charge < -0.3 is 10.7 Å². The van der Waals surface area contributed by atoms with Crippen LogP contribution >= 0.6 is 0 Å². The normalized spacial score (nSPS) is 11.0. The van der Waals surface area contributed by atoms with E-state index in [-0.39, 0.29) is 5.56 Å². The van der Waals surface area contributed by atoms with Crippen LogP contribution in [0.15, 0.2) is 36.4 Å². The Labute approximate surface area is 119 Å². The summed E-state index contributed by atoms with van der Waals surface area (Å²) in [5.41, 5.74) is 7.13. The third-order valence-corrected chi connectivity index (χ3v) is 3.43. The monoisotopic (exact) mass is 286 g/mol. The van der Waals surface area contributed by atoms with Crippen molar-refractivity contribution < 1.29 is 13.6 Å². The number of halogens is 2. The van der Waals surface area contributed by atoms with Crippen molar-refractivity contribution in [2.75, 3.05) is 5.73 Å². The Kier molecular flexibility index (Phi) is 2.97. The molecule has 0 aliphatic heterocycles. The van der Waals surface area contributed by atoms with Crippen LogP contribution in [0.4, 0.5) is 14.5 Å². The number of aryl methyl sites for hydroxylation is 1. The second-order valence-corrected chi connectivity index (χ2v) is 4.86. The molecule has 1 aromatic heterocycles. The summed E-state index contributed by atoms with van der Waals surface area (Å²) in [5, 5.41) is 0.556. The lowest BCUT2D eigenvalue weighted by molar-refractivity contribution is 0.103. The van der Waals surface area contributed by atoms with Crippen LogP contribution in [-0.4, -0.2) is 10.8 Å². The molecule has 0 aliphatic rings. The number of H-pyrrole nitrogens is 1. The van der Waals surface area contributed by atoms with E-state index in [2.05, 4.69) is 4.98 Å². The average molecular weight is 286 g/mol. The SMILES string of the molecule is Cc1[nH]c2ccc(N)cc2c1C(=O)c1c(F)cccc1F. The Bertz CT molecular complexity index is 848. The quantitative estimate of drug-likeness (QED) is 0.559. The molecule has 3 aromatic rings. The maximum Gasteiger partial charge on any atom is 0.201 e. The molecule has 0 amide bonds. The number of carbonyl (C=O) groups is 1. The molecule has 0 radical (unpaired) electrons. The summed E-state index contributed by atoms with van der Waals surface area (Å²) >= 11 is 0. The molecule has 0 saturated heterocycles. The van der Waals surface area contributed by atoms with Crippen molar-refractivity contribution in [1.82, 2.24) is 4.98 Å². The van der Waals surface area contributed by atoms with E-state index in [1.165, 1.54) is 6.07 Å². The number of carbonyl (C=O) groups excluding carboxylic acids is 1. The Morgan fingerprint density at radius 1 is 1.10 bits per heavy atom. The van der Waals surface area contributed by atoms with Crippen molar-refractivity contribution in [1.29, 1.82) is 0 Å². The molecule has 0 atom stereocenters. The zero-order valence-electron chi connectivity index (χ0n) is 11.2. The van der Waals surface area contributed by atoms with Gasteiger partial charge in [-0.3, -0.25) is 4.79 Å². The van der Waals surface area contributed by atoms with E-state index in [4.69, 9.17) is 5.73 Å². The van der Waals surface area contributed by atoms with E-state index in [0.717, 1.165) is 12.1 Å². The molecule has 3 N–H and O–H groups in total. The van der Waals surface area contributed by atoms with Gasteiger partial charge in [-0.05, 0) is 37.3 Å². The van der Waals surface area contributed by atoms with Crippen molar-refractivity contribution in [2.45, 2.75) is 6.92 Å². The highest BCUT2D eigenvalue weighted by atomic mass is 19.1. The molecule has 0 aliphatic carbocycles. The lowest BCUT2D eigenvalue weighted by atomic mass is 9.99. The van der Waals surface area contributed by atoms with E-state index in [0.29, 0.717) is 22.3 Å². The van der Waals surface area contributed by atoms with Crippen LogP contribution < -0.4 is 5.73 Å². The number of benzene rings is 2. The summed E-state index contributed by atoms with van der Waals surface area (Å²) in [5.74, 6) is -2.45. The first-order valence-corrected chi connectivity index (χ1v) is 6.35. The van der Waals surface area contributed by atoms with Crippen LogP contribution in [0.25, 0.3) is 10.9 Å². The zero-order chi connectivity index (χ0) is 15.1. The zero-order valence-corrected chi connectivity index (χ0v) is 11.2. The fraction of sp³-hybridized carbons (Fsp3) is 0.0625. The molecule has 21 heavy (non-hydrogen) atoms. The van der Waals surface area contributed by atoms with Crippen LogP contribution in [0.3, 0.4) is 0 Å². The van der Waals surface area contributed by atoms with Gasteiger partial charge in [0.05, 0.1) is 11.1 Å². The van der Waals surface area contributed by atoms with Crippen molar-refractivity contribution in [3.05, 3.63) is 64.9 Å². The summed E-state index contributed by atoms with van der Waals surface area (Å²) in [6.07, 6.45) is 0. The molecule has 0 fully saturated rings. The van der Waals surface area contributed by atoms with Crippen LogP contribution in [0.2, 0.25) is 0 Å². The molecule has 3 nitrogen and oxygen atoms in total. The number of nitrogen functional groups attached to an aromatic ring is 1. The van der Waals surface area contributed by atoms with Crippen LogP contribution in [0.1, 0.15) is 21.6 Å². The van der Waals surface area contributed by atoms with Gasteiger partial charge in [-0.2, -0.15) is 0 Å². The molecule has 0 bridgehead atoms. The number of rotatable bonds is 2. The van der Waals surface area contributed by atoms with Gasteiger partial charge in [0, 0.05) is 22.3 Å². The number of fused-ring (bicyclic) bond motifs is 1. The molecule has 0 spiro atoms. The fourth-order valence-electron chi connectivity index (χ4n) is 2.48. The first-order valence-electron chi connectivity index (χ1n) is 6.35. The molecule has 3 rings (SSSR count). The van der Waals surface area contributed by atoms with Gasteiger partial charge in [-0.25, -0.2) is 8.78 Å². The summed E-state index contributed by atoms with van der Waals surface area (Å²) in [6, 6.07) is 8.39. The molecular weight excluding hydrogens is 274 g/mol. The van der Waals surface area contributed by atoms with E-state index in [1.54, 1.807) is 25.1 Å². The second kappa shape index (κ2) is 4.70. The van der Waals surface area contributed by atoms with Gasteiger partial charge >= 0.3 is 0 Å². The van der Waals surface area contributed by atoms with Gasteiger partial charge in [0.25, 0.3) is 0 Å². The van der Waals surface area contributed by atoms with Crippen molar-refractivity contribution in [2.24, 2.45) is 0 Å².